The second-order valence-electron chi connectivity index (χ2n) is 5.20. The maximum absolute atomic E-state index is 14.1. The van der Waals surface area contributed by atoms with Crippen LogP contribution in [0.25, 0.3) is 11.0 Å². The van der Waals surface area contributed by atoms with Gasteiger partial charge in [0.15, 0.2) is 23.7 Å². The molecule has 1 atom stereocenters. The average molecular weight is 311 g/mol. The van der Waals surface area contributed by atoms with Gasteiger partial charge < -0.3 is 10.5 Å². The second kappa shape index (κ2) is 4.98. The minimum atomic E-state index is -0.487. The number of rotatable bonds is 2. The Balaban J connectivity index is 1.91. The van der Waals surface area contributed by atoms with E-state index in [0.29, 0.717) is 11.5 Å². The van der Waals surface area contributed by atoms with Crippen molar-refractivity contribution in [2.75, 3.05) is 12.4 Å². The fourth-order valence-electron chi connectivity index (χ4n) is 2.78. The number of ether oxygens (including phenoxy) is 1. The normalized spacial score (nSPS) is 16.6. The highest BCUT2D eigenvalue weighted by Gasteiger charge is 2.25. The third-order valence-electron chi connectivity index (χ3n) is 3.82. The van der Waals surface area contributed by atoms with E-state index in [-0.39, 0.29) is 11.7 Å². The molecular formula is C16H14FN5O. The Labute approximate surface area is 131 Å². The van der Waals surface area contributed by atoms with Gasteiger partial charge in [-0.2, -0.15) is 0 Å². The van der Waals surface area contributed by atoms with Crippen LogP contribution >= 0.6 is 0 Å². The number of hydrogen-bond donors (Lipinski definition) is 2. The Morgan fingerprint density at radius 3 is 2.87 bits per heavy atom. The summed E-state index contributed by atoms with van der Waals surface area (Å²) in [5.74, 6) is 0.576. The summed E-state index contributed by atoms with van der Waals surface area (Å²) in [6.07, 6.45) is -0.487. The van der Waals surface area contributed by atoms with Crippen LogP contribution in [-0.4, -0.2) is 22.6 Å². The molecule has 0 aliphatic carbocycles. The topological polar surface area (TPSA) is 77.5 Å². The zero-order valence-corrected chi connectivity index (χ0v) is 12.3. The highest BCUT2D eigenvalue weighted by Crippen LogP contribution is 2.33. The van der Waals surface area contributed by atoms with Gasteiger partial charge in [-0.15, -0.1) is 0 Å². The van der Waals surface area contributed by atoms with Gasteiger partial charge in [-0.05, 0) is 24.3 Å². The Kier molecular flexibility index (Phi) is 2.94. The molecule has 7 heteroatoms. The van der Waals surface area contributed by atoms with Crippen LogP contribution in [0.1, 0.15) is 11.7 Å². The van der Waals surface area contributed by atoms with Crippen LogP contribution in [0.5, 0.6) is 5.75 Å². The monoisotopic (exact) mass is 311 g/mol. The van der Waals surface area contributed by atoms with Crippen molar-refractivity contribution in [3.8, 4) is 5.75 Å². The number of benzene rings is 2. The summed E-state index contributed by atoms with van der Waals surface area (Å²) in [6, 6.07) is 12.4. The molecule has 1 aliphatic heterocycles. The quantitative estimate of drug-likeness (QED) is 0.762. The maximum atomic E-state index is 14.1. The molecular weight excluding hydrogens is 297 g/mol. The number of halogens is 1. The van der Waals surface area contributed by atoms with E-state index in [0.717, 1.165) is 11.0 Å². The highest BCUT2D eigenvalue weighted by atomic mass is 19.1. The second-order valence-corrected chi connectivity index (χ2v) is 5.20. The van der Waals surface area contributed by atoms with E-state index in [1.165, 1.54) is 13.2 Å². The molecule has 0 spiro atoms. The van der Waals surface area contributed by atoms with Gasteiger partial charge in [-0.25, -0.2) is 14.4 Å². The van der Waals surface area contributed by atoms with E-state index in [9.17, 15) is 4.39 Å². The molecule has 0 amide bonds. The summed E-state index contributed by atoms with van der Waals surface area (Å²) in [7, 11) is 1.43. The van der Waals surface area contributed by atoms with Crippen molar-refractivity contribution in [1.29, 1.82) is 0 Å². The largest absolute Gasteiger partial charge is 0.494 e. The first-order valence-corrected chi connectivity index (χ1v) is 7.08. The van der Waals surface area contributed by atoms with Gasteiger partial charge in [0.2, 0.25) is 5.95 Å². The number of nitrogens with zero attached hydrogens (tertiary/aromatic N) is 3. The lowest BCUT2D eigenvalue weighted by Crippen LogP contribution is -2.31. The predicted octanol–water partition coefficient (Wildman–Crippen LogP) is 2.47. The lowest BCUT2D eigenvalue weighted by Gasteiger charge is -2.24. The van der Waals surface area contributed by atoms with Crippen LogP contribution in [0.4, 0.5) is 10.3 Å². The molecule has 1 aromatic heterocycles. The van der Waals surface area contributed by atoms with E-state index in [1.807, 2.05) is 28.8 Å². The van der Waals surface area contributed by atoms with E-state index >= 15 is 0 Å². The van der Waals surface area contributed by atoms with E-state index in [2.05, 4.69) is 15.3 Å². The molecule has 2 heterocycles. The summed E-state index contributed by atoms with van der Waals surface area (Å²) in [4.78, 5) is 8.92. The maximum Gasteiger partial charge on any atom is 0.212 e. The number of aromatic nitrogens is 2. The molecule has 0 radical (unpaired) electrons. The fourth-order valence-corrected chi connectivity index (χ4v) is 2.78. The third kappa shape index (κ3) is 2.09. The molecule has 6 nitrogen and oxygen atoms in total. The minimum absolute atomic E-state index is 0.190. The molecule has 116 valence electrons. The molecule has 0 saturated heterocycles. The summed E-state index contributed by atoms with van der Waals surface area (Å²) < 4.78 is 20.9. The van der Waals surface area contributed by atoms with Gasteiger partial charge in [0.25, 0.3) is 0 Å². The number of nitrogens with one attached hydrogen (secondary N) is 1. The number of para-hydroxylation sites is 2. The predicted molar refractivity (Wildman–Crippen MR) is 86.1 cm³/mol. The van der Waals surface area contributed by atoms with Crippen LogP contribution < -0.4 is 15.8 Å². The number of nitrogens with two attached hydrogens (primary N) is 1. The SMILES string of the molecule is COc1ccc(C2N=C(N)Nc3nc4ccccc4n32)cc1F. The van der Waals surface area contributed by atoms with E-state index in [1.54, 1.807) is 12.1 Å². The van der Waals surface area contributed by atoms with Crippen molar-refractivity contribution in [3.63, 3.8) is 0 Å². The van der Waals surface area contributed by atoms with Crippen molar-refractivity contribution < 1.29 is 9.13 Å². The molecule has 1 aliphatic rings. The average Bonchev–Trinajstić information content (AvgIpc) is 2.92. The van der Waals surface area contributed by atoms with Gasteiger partial charge in [-0.1, -0.05) is 18.2 Å². The van der Waals surface area contributed by atoms with Crippen LogP contribution in [0.3, 0.4) is 0 Å². The molecule has 23 heavy (non-hydrogen) atoms. The summed E-state index contributed by atoms with van der Waals surface area (Å²) >= 11 is 0. The van der Waals surface area contributed by atoms with Crippen molar-refractivity contribution >= 4 is 22.9 Å². The van der Waals surface area contributed by atoms with Gasteiger partial charge in [-0.3, -0.25) is 9.88 Å². The van der Waals surface area contributed by atoms with Gasteiger partial charge in [0, 0.05) is 5.56 Å². The standard InChI is InChI=1S/C16H14FN5O/c1-23-13-7-6-9(8-10(13)17)14-20-15(18)21-16-19-11-4-2-3-5-12(11)22(14)16/h2-8,14H,1H3,(H3,18,19,20,21). The van der Waals surface area contributed by atoms with Crippen LogP contribution in [0, 0.1) is 5.82 Å². The Hall–Kier alpha value is -3.09. The van der Waals surface area contributed by atoms with Crippen LogP contribution in [0.15, 0.2) is 47.5 Å². The Morgan fingerprint density at radius 1 is 1.26 bits per heavy atom. The van der Waals surface area contributed by atoms with Gasteiger partial charge in [0.05, 0.1) is 18.1 Å². The van der Waals surface area contributed by atoms with Crippen molar-refractivity contribution in [2.24, 2.45) is 10.7 Å². The fraction of sp³-hybridized carbons (Fsp3) is 0.125. The first-order valence-electron chi connectivity index (χ1n) is 7.08. The highest BCUT2D eigenvalue weighted by molar-refractivity contribution is 5.94. The summed E-state index contributed by atoms with van der Waals surface area (Å²) in [5.41, 5.74) is 8.24. The number of fused-ring (bicyclic) bond motifs is 3. The number of guanidine groups is 1. The summed E-state index contributed by atoms with van der Waals surface area (Å²) in [6.45, 7) is 0. The lowest BCUT2D eigenvalue weighted by molar-refractivity contribution is 0.385. The van der Waals surface area contributed by atoms with E-state index in [4.69, 9.17) is 10.5 Å². The number of imidazole rings is 1. The molecule has 2 aromatic carbocycles. The van der Waals surface area contributed by atoms with E-state index < -0.39 is 12.0 Å². The zero-order chi connectivity index (χ0) is 16.0. The zero-order valence-electron chi connectivity index (χ0n) is 12.3. The molecule has 3 N–H and O–H groups in total. The smallest absolute Gasteiger partial charge is 0.212 e. The number of anilines is 1. The molecule has 1 unspecified atom stereocenters. The molecule has 0 fully saturated rings. The summed E-state index contributed by atoms with van der Waals surface area (Å²) in [5, 5.41) is 2.95. The number of aliphatic imine (C=N–C) groups is 1. The first-order chi connectivity index (χ1) is 11.2. The van der Waals surface area contributed by atoms with Gasteiger partial charge >= 0.3 is 0 Å². The molecule has 0 saturated carbocycles. The lowest BCUT2D eigenvalue weighted by atomic mass is 10.1. The Morgan fingerprint density at radius 2 is 2.09 bits per heavy atom. The molecule has 0 bridgehead atoms. The van der Waals surface area contributed by atoms with Crippen molar-refractivity contribution in [1.82, 2.24) is 9.55 Å². The first kappa shape index (κ1) is 13.6. The molecule has 4 rings (SSSR count). The molecule has 3 aromatic rings. The number of methoxy groups -OCH3 is 1. The van der Waals surface area contributed by atoms with Crippen LogP contribution in [0.2, 0.25) is 0 Å². The van der Waals surface area contributed by atoms with Gasteiger partial charge in [0.1, 0.15) is 0 Å². The van der Waals surface area contributed by atoms with Crippen molar-refractivity contribution in [3.05, 3.63) is 53.8 Å². The van der Waals surface area contributed by atoms with Crippen LogP contribution in [-0.2, 0) is 0 Å². The Bertz CT molecular complexity index is 933. The number of hydrogen-bond acceptors (Lipinski definition) is 5. The third-order valence-corrected chi connectivity index (χ3v) is 3.82. The minimum Gasteiger partial charge on any atom is -0.494 e. The van der Waals surface area contributed by atoms with Crippen molar-refractivity contribution in [2.45, 2.75) is 6.17 Å².